The van der Waals surface area contributed by atoms with Gasteiger partial charge in [0.1, 0.15) is 11.8 Å². The van der Waals surface area contributed by atoms with Gasteiger partial charge in [0, 0.05) is 37.5 Å². The fourth-order valence-electron chi connectivity index (χ4n) is 4.79. The van der Waals surface area contributed by atoms with Crippen LogP contribution >= 0.6 is 11.6 Å². The van der Waals surface area contributed by atoms with E-state index in [1.54, 1.807) is 37.1 Å². The van der Waals surface area contributed by atoms with E-state index in [1.165, 1.54) is 4.31 Å². The predicted molar refractivity (Wildman–Crippen MR) is 173 cm³/mol. The number of carbonyl (C=O) groups is 2. The van der Waals surface area contributed by atoms with E-state index in [9.17, 15) is 18.0 Å². The van der Waals surface area contributed by atoms with Crippen molar-refractivity contribution in [3.05, 3.63) is 94.5 Å². The fourth-order valence-corrected chi connectivity index (χ4v) is 5.98. The third-order valence-corrected chi connectivity index (χ3v) is 8.69. The molecular weight excluding hydrogens is 586 g/mol. The minimum absolute atomic E-state index is 0.0400. The van der Waals surface area contributed by atoms with Crippen LogP contribution < -0.4 is 14.4 Å². The van der Waals surface area contributed by atoms with Gasteiger partial charge >= 0.3 is 0 Å². The Kier molecular flexibility index (Phi) is 12.5. The van der Waals surface area contributed by atoms with E-state index < -0.39 is 16.1 Å². The highest BCUT2D eigenvalue weighted by molar-refractivity contribution is 7.92. The molecule has 0 fully saturated rings. The molecule has 0 spiro atoms. The van der Waals surface area contributed by atoms with Crippen LogP contribution in [-0.2, 0) is 32.6 Å². The zero-order chi connectivity index (χ0) is 31.6. The summed E-state index contributed by atoms with van der Waals surface area (Å²) >= 11 is 6.28. The minimum atomic E-state index is -3.65. The number of rotatable bonds is 15. The van der Waals surface area contributed by atoms with E-state index in [4.69, 9.17) is 16.3 Å². The van der Waals surface area contributed by atoms with Crippen molar-refractivity contribution in [2.24, 2.45) is 5.92 Å². The molecule has 1 N–H and O–H groups in total. The Balaban J connectivity index is 1.92. The van der Waals surface area contributed by atoms with Crippen LogP contribution in [0.1, 0.15) is 43.4 Å². The third-order valence-electron chi connectivity index (χ3n) is 7.10. The zero-order valence-corrected chi connectivity index (χ0v) is 27.1. The second kappa shape index (κ2) is 15.8. The van der Waals surface area contributed by atoms with Crippen LogP contribution in [0.25, 0.3) is 0 Å². The lowest BCUT2D eigenvalue weighted by molar-refractivity contribution is -0.141. The highest BCUT2D eigenvalue weighted by Crippen LogP contribution is 2.29. The van der Waals surface area contributed by atoms with Gasteiger partial charge in [-0.1, -0.05) is 74.0 Å². The van der Waals surface area contributed by atoms with Gasteiger partial charge in [0.15, 0.2) is 0 Å². The number of halogens is 1. The van der Waals surface area contributed by atoms with Crippen molar-refractivity contribution in [1.82, 2.24) is 10.2 Å². The van der Waals surface area contributed by atoms with Crippen LogP contribution in [0.15, 0.2) is 72.8 Å². The third kappa shape index (κ3) is 10.0. The van der Waals surface area contributed by atoms with Gasteiger partial charge in [-0.3, -0.25) is 13.9 Å². The van der Waals surface area contributed by atoms with Crippen molar-refractivity contribution in [1.29, 1.82) is 0 Å². The zero-order valence-electron chi connectivity index (χ0n) is 25.5. The number of amides is 2. The number of hydrogen-bond acceptors (Lipinski definition) is 5. The van der Waals surface area contributed by atoms with Gasteiger partial charge in [-0.2, -0.15) is 0 Å². The fraction of sp³-hybridized carbons (Fsp3) is 0.394. The summed E-state index contributed by atoms with van der Waals surface area (Å²) < 4.78 is 32.2. The summed E-state index contributed by atoms with van der Waals surface area (Å²) in [5.74, 6) is 0.399. The average molecular weight is 628 g/mol. The number of hydrogen-bond donors (Lipinski definition) is 1. The number of carbonyl (C=O) groups excluding carboxylic acids is 2. The first-order chi connectivity index (χ1) is 20.4. The Morgan fingerprint density at radius 2 is 1.65 bits per heavy atom. The maximum absolute atomic E-state index is 14.0. The lowest BCUT2D eigenvalue weighted by Gasteiger charge is -2.32. The number of benzene rings is 3. The summed E-state index contributed by atoms with van der Waals surface area (Å²) in [5, 5.41) is 3.48. The summed E-state index contributed by atoms with van der Waals surface area (Å²) in [5.41, 5.74) is 2.86. The maximum atomic E-state index is 14.0. The van der Waals surface area contributed by atoms with Crippen molar-refractivity contribution in [2.75, 3.05) is 30.8 Å². The number of nitrogens with zero attached hydrogens (tertiary/aromatic N) is 2. The van der Waals surface area contributed by atoms with Crippen molar-refractivity contribution in [3.8, 4) is 5.75 Å². The standard InChI is InChI=1S/C33H42ClN3O5S/c1-24(2)22-35-33(39)31(21-26-12-7-6-8-13-26)36(23-27-14-9-15-28(20-27)42-4)32(38)18-11-19-37(43(5,40)41)30-17-10-16-29(34)25(30)3/h6-10,12-17,20,24,31H,11,18-19,21-23H2,1-5H3,(H,35,39)/t31-/m0/s1. The SMILES string of the molecule is COc1cccc(CN(C(=O)CCCN(c2cccc(Cl)c2C)S(C)(=O)=O)[C@@H](Cc2ccccc2)C(=O)NCC(C)C)c1. The summed E-state index contributed by atoms with van der Waals surface area (Å²) in [6, 6.07) is 21.3. The average Bonchev–Trinajstić information content (AvgIpc) is 2.97. The largest absolute Gasteiger partial charge is 0.497 e. The van der Waals surface area contributed by atoms with E-state index in [0.717, 1.165) is 17.4 Å². The molecule has 0 bridgehead atoms. The Hall–Kier alpha value is -3.56. The lowest BCUT2D eigenvalue weighted by atomic mass is 10.0. The summed E-state index contributed by atoms with van der Waals surface area (Å²) in [7, 11) is -2.07. The van der Waals surface area contributed by atoms with Gasteiger partial charge in [-0.15, -0.1) is 0 Å². The van der Waals surface area contributed by atoms with E-state index in [1.807, 2.05) is 68.4 Å². The van der Waals surface area contributed by atoms with E-state index in [-0.39, 0.29) is 43.7 Å². The summed E-state index contributed by atoms with van der Waals surface area (Å²) in [4.78, 5) is 29.2. The second-order valence-electron chi connectivity index (χ2n) is 11.0. The van der Waals surface area contributed by atoms with Crippen molar-refractivity contribution >= 4 is 39.1 Å². The molecule has 1 atom stereocenters. The number of ether oxygens (including phenoxy) is 1. The minimum Gasteiger partial charge on any atom is -0.497 e. The maximum Gasteiger partial charge on any atom is 0.243 e. The molecule has 3 aromatic carbocycles. The molecule has 0 heterocycles. The molecule has 232 valence electrons. The molecular formula is C33H42ClN3O5S. The van der Waals surface area contributed by atoms with Gasteiger partial charge in [0.05, 0.1) is 19.1 Å². The highest BCUT2D eigenvalue weighted by atomic mass is 35.5. The van der Waals surface area contributed by atoms with Crippen molar-refractivity contribution in [2.45, 2.75) is 52.6 Å². The first-order valence-corrected chi connectivity index (χ1v) is 16.6. The molecule has 0 aliphatic carbocycles. The summed E-state index contributed by atoms with van der Waals surface area (Å²) in [6.07, 6.45) is 1.76. The van der Waals surface area contributed by atoms with Crippen molar-refractivity contribution in [3.63, 3.8) is 0 Å². The molecule has 8 nitrogen and oxygen atoms in total. The van der Waals surface area contributed by atoms with Gasteiger partial charge in [0.2, 0.25) is 21.8 Å². The lowest BCUT2D eigenvalue weighted by Crippen LogP contribution is -2.51. The second-order valence-corrected chi connectivity index (χ2v) is 13.4. The van der Waals surface area contributed by atoms with Crippen LogP contribution in [0.2, 0.25) is 5.02 Å². The molecule has 0 aliphatic heterocycles. The first kappa shape index (κ1) is 33.9. The van der Waals surface area contributed by atoms with E-state index in [2.05, 4.69) is 5.32 Å². The monoisotopic (exact) mass is 627 g/mol. The van der Waals surface area contributed by atoms with Gasteiger partial charge in [-0.25, -0.2) is 8.42 Å². The molecule has 0 aromatic heterocycles. The van der Waals surface area contributed by atoms with Gasteiger partial charge < -0.3 is 15.0 Å². The Morgan fingerprint density at radius 3 is 2.30 bits per heavy atom. The Labute approximate surface area is 261 Å². The van der Waals surface area contributed by atoms with Crippen LogP contribution in [0.5, 0.6) is 5.75 Å². The first-order valence-electron chi connectivity index (χ1n) is 14.4. The molecule has 43 heavy (non-hydrogen) atoms. The van der Waals surface area contributed by atoms with Gasteiger partial charge in [-0.05, 0) is 60.2 Å². The van der Waals surface area contributed by atoms with E-state index in [0.29, 0.717) is 35.0 Å². The molecule has 3 rings (SSSR count). The highest BCUT2D eigenvalue weighted by Gasteiger charge is 2.31. The van der Waals surface area contributed by atoms with Crippen molar-refractivity contribution < 1.29 is 22.7 Å². The number of methoxy groups -OCH3 is 1. The molecule has 0 saturated carbocycles. The quantitative estimate of drug-likeness (QED) is 0.236. The molecule has 2 amide bonds. The van der Waals surface area contributed by atoms with E-state index >= 15 is 0 Å². The molecule has 0 radical (unpaired) electrons. The van der Waals surface area contributed by atoms with Gasteiger partial charge in [0.25, 0.3) is 0 Å². The van der Waals surface area contributed by atoms with Crippen LogP contribution in [-0.4, -0.2) is 57.6 Å². The normalized spacial score (nSPS) is 12.1. The number of anilines is 1. The Morgan fingerprint density at radius 1 is 0.977 bits per heavy atom. The van der Waals surface area contributed by atoms with Crippen LogP contribution in [0.4, 0.5) is 5.69 Å². The number of nitrogens with one attached hydrogen (secondary N) is 1. The predicted octanol–water partition coefficient (Wildman–Crippen LogP) is 5.62. The smallest absolute Gasteiger partial charge is 0.243 e. The molecule has 10 heteroatoms. The molecule has 3 aromatic rings. The topological polar surface area (TPSA) is 96.0 Å². The van der Waals surface area contributed by atoms with Crippen LogP contribution in [0.3, 0.4) is 0 Å². The summed E-state index contributed by atoms with van der Waals surface area (Å²) in [6.45, 7) is 6.55. The molecule has 0 unspecified atom stereocenters. The van der Waals surface area contributed by atoms with Crippen LogP contribution in [0, 0.1) is 12.8 Å². The Bertz CT molecular complexity index is 1480. The number of sulfonamides is 1. The molecule has 0 saturated heterocycles. The molecule has 0 aliphatic rings.